The smallest absolute Gasteiger partial charge is 0.255 e. The molecule has 1 atom stereocenters. The van der Waals surface area contributed by atoms with Gasteiger partial charge in [-0.2, -0.15) is 0 Å². The van der Waals surface area contributed by atoms with Crippen molar-refractivity contribution in [3.05, 3.63) is 29.3 Å². The summed E-state index contributed by atoms with van der Waals surface area (Å²) in [4.78, 5) is 39.9. The van der Waals surface area contributed by atoms with Gasteiger partial charge in [-0.3, -0.25) is 9.59 Å². The molecular weight excluding hydrogens is 354 g/mol. The van der Waals surface area contributed by atoms with Gasteiger partial charge >= 0.3 is 0 Å². The van der Waals surface area contributed by atoms with Gasteiger partial charge < -0.3 is 19.9 Å². The third kappa shape index (κ3) is 4.05. The van der Waals surface area contributed by atoms with Crippen LogP contribution in [0.15, 0.2) is 18.2 Å². The van der Waals surface area contributed by atoms with Crippen LogP contribution in [0.1, 0.15) is 55.5 Å². The predicted octanol–water partition coefficient (Wildman–Crippen LogP) is 2.61. The van der Waals surface area contributed by atoms with Gasteiger partial charge in [-0.15, -0.1) is 0 Å². The molecule has 1 N–H and O–H groups in total. The largest absolute Gasteiger partial charge is 0.372 e. The number of carbonyl (C=O) groups is 3. The number of rotatable bonds is 7. The Morgan fingerprint density at radius 2 is 2.00 bits per heavy atom. The molecule has 0 bridgehead atoms. The van der Waals surface area contributed by atoms with Gasteiger partial charge in [-0.25, -0.2) is 0 Å². The van der Waals surface area contributed by atoms with Crippen molar-refractivity contribution in [3.63, 3.8) is 0 Å². The van der Waals surface area contributed by atoms with E-state index in [1.54, 1.807) is 11.9 Å². The number of nitrogens with zero attached hydrogens (tertiary/aromatic N) is 2. The summed E-state index contributed by atoms with van der Waals surface area (Å²) < 4.78 is 0. The van der Waals surface area contributed by atoms with Gasteiger partial charge in [0.25, 0.3) is 5.91 Å². The number of amides is 2. The van der Waals surface area contributed by atoms with Crippen molar-refractivity contribution in [2.75, 3.05) is 25.0 Å². The van der Waals surface area contributed by atoms with Crippen LogP contribution >= 0.6 is 0 Å². The van der Waals surface area contributed by atoms with Crippen molar-refractivity contribution in [2.45, 2.75) is 52.1 Å². The lowest BCUT2D eigenvalue weighted by Gasteiger charge is -2.35. The van der Waals surface area contributed by atoms with Crippen LogP contribution in [0.3, 0.4) is 0 Å². The Morgan fingerprint density at radius 3 is 2.61 bits per heavy atom. The van der Waals surface area contributed by atoms with Crippen LogP contribution in [0.4, 0.5) is 5.69 Å². The maximum Gasteiger partial charge on any atom is 0.255 e. The molecule has 2 aliphatic rings. The third-order valence-electron chi connectivity index (χ3n) is 6.25. The fraction of sp³-hybridized carbons (Fsp3) is 0.591. The highest BCUT2D eigenvalue weighted by molar-refractivity contribution is 6.01. The van der Waals surface area contributed by atoms with Crippen molar-refractivity contribution in [2.24, 2.45) is 11.8 Å². The van der Waals surface area contributed by atoms with Crippen molar-refractivity contribution in [3.8, 4) is 0 Å². The Hall–Kier alpha value is -2.37. The maximum atomic E-state index is 12.9. The molecule has 1 aromatic rings. The molecule has 28 heavy (non-hydrogen) atoms. The quantitative estimate of drug-likeness (QED) is 0.733. The Morgan fingerprint density at radius 1 is 1.29 bits per heavy atom. The molecule has 2 aliphatic heterocycles. The Kier molecular flexibility index (Phi) is 6.37. The lowest BCUT2D eigenvalue weighted by atomic mass is 9.86. The van der Waals surface area contributed by atoms with E-state index < -0.39 is 6.04 Å². The highest BCUT2D eigenvalue weighted by Gasteiger charge is 2.36. The minimum absolute atomic E-state index is 0.125. The summed E-state index contributed by atoms with van der Waals surface area (Å²) in [5.41, 5.74) is 2.79. The number of nitrogens with one attached hydrogen (secondary N) is 1. The van der Waals surface area contributed by atoms with Crippen LogP contribution in [0.2, 0.25) is 0 Å². The summed E-state index contributed by atoms with van der Waals surface area (Å²) in [5.74, 6) is 1.16. The standard InChI is InChI=1S/C22H31N3O3/c1-15(2)16-8-10-24(11-9-16)18-6-7-19-17(13-18)14-25(22(19)28)20(5-4-12-26)21(27)23-3/h6-7,12-13,15-16,20H,4-5,8-11,14H2,1-3H3,(H,23,27). The number of benzene rings is 1. The number of hydrogen-bond acceptors (Lipinski definition) is 4. The number of anilines is 1. The second-order valence-electron chi connectivity index (χ2n) is 8.22. The molecule has 0 radical (unpaired) electrons. The number of hydrogen-bond donors (Lipinski definition) is 1. The van der Waals surface area contributed by atoms with E-state index in [0.717, 1.165) is 42.5 Å². The molecule has 0 aliphatic carbocycles. The fourth-order valence-corrected chi connectivity index (χ4v) is 4.42. The molecule has 2 amide bonds. The monoisotopic (exact) mass is 385 g/mol. The average Bonchev–Trinajstić information content (AvgIpc) is 3.04. The summed E-state index contributed by atoms with van der Waals surface area (Å²) in [6, 6.07) is 5.41. The van der Waals surface area contributed by atoms with Gasteiger partial charge in [-0.05, 0) is 54.9 Å². The zero-order valence-corrected chi connectivity index (χ0v) is 17.1. The molecule has 1 aromatic carbocycles. The van der Waals surface area contributed by atoms with E-state index in [0.29, 0.717) is 18.5 Å². The summed E-state index contributed by atoms with van der Waals surface area (Å²) in [7, 11) is 1.56. The summed E-state index contributed by atoms with van der Waals surface area (Å²) in [6.45, 7) is 7.09. The predicted molar refractivity (Wildman–Crippen MR) is 109 cm³/mol. The SMILES string of the molecule is CNC(=O)C(CCC=O)N1Cc2cc(N3CCC(C(C)C)CC3)ccc2C1=O. The minimum Gasteiger partial charge on any atom is -0.372 e. The normalized spacial score (nSPS) is 18.4. The molecule has 0 saturated carbocycles. The van der Waals surface area contributed by atoms with Gasteiger partial charge in [0.2, 0.25) is 5.91 Å². The lowest BCUT2D eigenvalue weighted by molar-refractivity contribution is -0.125. The number of carbonyl (C=O) groups excluding carboxylic acids is 3. The molecule has 1 saturated heterocycles. The van der Waals surface area contributed by atoms with E-state index in [1.807, 2.05) is 12.1 Å². The van der Waals surface area contributed by atoms with Crippen LogP contribution in [0.5, 0.6) is 0 Å². The van der Waals surface area contributed by atoms with Crippen molar-refractivity contribution in [1.29, 1.82) is 0 Å². The van der Waals surface area contributed by atoms with E-state index in [1.165, 1.54) is 12.8 Å². The first-order valence-electron chi connectivity index (χ1n) is 10.3. The molecular formula is C22H31N3O3. The van der Waals surface area contributed by atoms with Gasteiger partial charge in [-0.1, -0.05) is 13.8 Å². The second kappa shape index (κ2) is 8.76. The van der Waals surface area contributed by atoms with Crippen molar-refractivity contribution in [1.82, 2.24) is 10.2 Å². The first-order valence-corrected chi connectivity index (χ1v) is 10.3. The van der Waals surface area contributed by atoms with E-state index >= 15 is 0 Å². The van der Waals surface area contributed by atoms with Crippen LogP contribution in [-0.2, 0) is 16.1 Å². The molecule has 0 aromatic heterocycles. The zero-order chi connectivity index (χ0) is 20.3. The molecule has 2 heterocycles. The molecule has 6 heteroatoms. The van der Waals surface area contributed by atoms with E-state index in [9.17, 15) is 14.4 Å². The van der Waals surface area contributed by atoms with Gasteiger partial charge in [0.15, 0.2) is 0 Å². The van der Waals surface area contributed by atoms with E-state index in [4.69, 9.17) is 0 Å². The van der Waals surface area contributed by atoms with Gasteiger partial charge in [0, 0.05) is 44.4 Å². The van der Waals surface area contributed by atoms with Crippen LogP contribution < -0.4 is 10.2 Å². The van der Waals surface area contributed by atoms with Crippen LogP contribution in [0, 0.1) is 11.8 Å². The Labute approximate surface area is 167 Å². The Bertz CT molecular complexity index is 739. The summed E-state index contributed by atoms with van der Waals surface area (Å²) in [5, 5.41) is 2.62. The van der Waals surface area contributed by atoms with Crippen molar-refractivity contribution < 1.29 is 14.4 Å². The number of likely N-dealkylation sites (N-methyl/N-ethyl adjacent to an activating group) is 1. The number of piperidine rings is 1. The zero-order valence-electron chi connectivity index (χ0n) is 17.1. The topological polar surface area (TPSA) is 69.7 Å². The molecule has 0 spiro atoms. The van der Waals surface area contributed by atoms with Gasteiger partial charge in [0.05, 0.1) is 0 Å². The molecule has 6 nitrogen and oxygen atoms in total. The maximum absolute atomic E-state index is 12.9. The third-order valence-corrected chi connectivity index (χ3v) is 6.25. The second-order valence-corrected chi connectivity index (χ2v) is 8.22. The van der Waals surface area contributed by atoms with E-state index in [-0.39, 0.29) is 18.2 Å². The molecule has 152 valence electrons. The Balaban J connectivity index is 1.75. The van der Waals surface area contributed by atoms with E-state index in [2.05, 4.69) is 30.1 Å². The average molecular weight is 386 g/mol. The fourth-order valence-electron chi connectivity index (χ4n) is 4.42. The molecule has 3 rings (SSSR count). The molecule has 1 unspecified atom stereocenters. The van der Waals surface area contributed by atoms with Crippen LogP contribution in [0.25, 0.3) is 0 Å². The number of fused-ring (bicyclic) bond motifs is 1. The highest BCUT2D eigenvalue weighted by Crippen LogP contribution is 2.32. The van der Waals surface area contributed by atoms with Crippen LogP contribution in [-0.4, -0.2) is 49.2 Å². The van der Waals surface area contributed by atoms with Gasteiger partial charge in [0.1, 0.15) is 12.3 Å². The lowest BCUT2D eigenvalue weighted by Crippen LogP contribution is -2.46. The summed E-state index contributed by atoms with van der Waals surface area (Å²) in [6.07, 6.45) is 3.80. The first-order chi connectivity index (χ1) is 13.5. The number of aldehydes is 1. The first kappa shape index (κ1) is 20.4. The highest BCUT2D eigenvalue weighted by atomic mass is 16.2. The summed E-state index contributed by atoms with van der Waals surface area (Å²) >= 11 is 0. The van der Waals surface area contributed by atoms with Crippen molar-refractivity contribution >= 4 is 23.8 Å². The minimum atomic E-state index is -0.611. The molecule has 1 fully saturated rings.